The van der Waals surface area contributed by atoms with Crippen molar-refractivity contribution >= 4 is 34.3 Å². The molecule has 3 nitrogen and oxygen atoms in total. The molecule has 1 heterocycles. The minimum Gasteiger partial charge on any atom is -0.325 e. The summed E-state index contributed by atoms with van der Waals surface area (Å²) in [6.45, 7) is 5.78. The third-order valence-corrected chi connectivity index (χ3v) is 5.92. The Bertz CT molecular complexity index is 1050. The summed E-state index contributed by atoms with van der Waals surface area (Å²) in [5.41, 5.74) is 1.85. The van der Waals surface area contributed by atoms with Crippen LogP contribution < -0.4 is 5.32 Å². The van der Waals surface area contributed by atoms with Crippen LogP contribution in [0.2, 0.25) is 0 Å². The molecule has 1 atom stereocenters. The molecule has 0 radical (unpaired) electrons. The number of nitrogens with one attached hydrogen (secondary N) is 1. The molecule has 0 aliphatic heterocycles. The fraction of sp³-hybridized carbons (Fsp3) is 0.273. The summed E-state index contributed by atoms with van der Waals surface area (Å²) in [4.78, 5) is 17.4. The molecule has 1 unspecified atom stereocenters. The number of halogens is 3. The molecule has 29 heavy (non-hydrogen) atoms. The van der Waals surface area contributed by atoms with Crippen molar-refractivity contribution in [2.75, 3.05) is 5.32 Å². The lowest BCUT2D eigenvalue weighted by Crippen LogP contribution is -2.26. The number of carbonyl (C=O) groups excluding carboxylic acids is 1. The maximum atomic E-state index is 13.2. The molecule has 3 rings (SSSR count). The Hall–Kier alpha value is -2.54. The molecule has 0 saturated carbocycles. The molecular weight excluding hydrogens is 397 g/mol. The first-order valence-corrected chi connectivity index (χ1v) is 10.1. The Labute approximate surface area is 171 Å². The quantitative estimate of drug-likeness (QED) is 0.489. The van der Waals surface area contributed by atoms with Crippen LogP contribution in [0.5, 0.6) is 0 Å². The van der Waals surface area contributed by atoms with E-state index in [2.05, 4.69) is 10.3 Å². The van der Waals surface area contributed by atoms with Gasteiger partial charge in [-0.05, 0) is 49.6 Å². The Morgan fingerprint density at radius 2 is 1.83 bits per heavy atom. The molecule has 2 aromatic carbocycles. The number of hydrogen-bond acceptors (Lipinski definition) is 3. The predicted octanol–water partition coefficient (Wildman–Crippen LogP) is 6.38. The second-order valence-electron chi connectivity index (χ2n) is 6.80. The van der Waals surface area contributed by atoms with Gasteiger partial charge in [-0.3, -0.25) is 4.79 Å². The summed E-state index contributed by atoms with van der Waals surface area (Å²) in [5.74, 6) is -0.474. The second kappa shape index (κ2) is 8.45. The van der Waals surface area contributed by atoms with Crippen molar-refractivity contribution in [2.45, 2.75) is 43.6 Å². The van der Waals surface area contributed by atoms with Gasteiger partial charge in [0, 0.05) is 5.39 Å². The van der Waals surface area contributed by atoms with E-state index in [0.29, 0.717) is 11.4 Å². The van der Waals surface area contributed by atoms with E-state index in [9.17, 15) is 18.0 Å². The number of amides is 1. The molecule has 1 aromatic heterocycles. The fourth-order valence-electron chi connectivity index (χ4n) is 3.11. The van der Waals surface area contributed by atoms with E-state index in [1.54, 1.807) is 0 Å². The third-order valence-electron chi connectivity index (χ3n) is 4.64. The number of rotatable bonds is 5. The zero-order valence-corrected chi connectivity index (χ0v) is 17.1. The minimum absolute atomic E-state index is 0.234. The standard InChI is InChI=1S/C22H21F3N2OS/c1-4-18(21(28)26-17-11-6-5-10-16(17)22(23,24)25)29-19-12-14(3)15-9-7-8-13(2)20(15)27-19/h5-12,18H,4H2,1-3H3,(H,26,28). The number of nitrogens with zero attached hydrogens (tertiary/aromatic N) is 1. The molecule has 7 heteroatoms. The number of carbonyl (C=O) groups is 1. The zero-order valence-electron chi connectivity index (χ0n) is 16.3. The van der Waals surface area contributed by atoms with Crippen LogP contribution in [-0.2, 0) is 11.0 Å². The average Bonchev–Trinajstić information content (AvgIpc) is 2.66. The van der Waals surface area contributed by atoms with E-state index >= 15 is 0 Å². The first kappa shape index (κ1) is 21.2. The van der Waals surface area contributed by atoms with Gasteiger partial charge in [0.05, 0.1) is 27.0 Å². The van der Waals surface area contributed by atoms with E-state index in [1.165, 1.54) is 30.0 Å². The van der Waals surface area contributed by atoms with Crippen molar-refractivity contribution in [3.05, 3.63) is 65.2 Å². The van der Waals surface area contributed by atoms with Gasteiger partial charge < -0.3 is 5.32 Å². The molecule has 0 saturated heterocycles. The van der Waals surface area contributed by atoms with Crippen LogP contribution in [-0.4, -0.2) is 16.1 Å². The van der Waals surface area contributed by atoms with Crippen LogP contribution >= 0.6 is 11.8 Å². The summed E-state index contributed by atoms with van der Waals surface area (Å²) in [7, 11) is 0. The number of anilines is 1. The van der Waals surface area contributed by atoms with Crippen molar-refractivity contribution in [3.8, 4) is 0 Å². The molecule has 0 spiro atoms. The highest BCUT2D eigenvalue weighted by molar-refractivity contribution is 8.00. The highest BCUT2D eigenvalue weighted by Gasteiger charge is 2.34. The Morgan fingerprint density at radius 1 is 1.10 bits per heavy atom. The van der Waals surface area contributed by atoms with Gasteiger partial charge in [0.2, 0.25) is 5.91 Å². The van der Waals surface area contributed by atoms with E-state index in [1.807, 2.05) is 45.0 Å². The van der Waals surface area contributed by atoms with E-state index < -0.39 is 22.9 Å². The second-order valence-corrected chi connectivity index (χ2v) is 8.02. The van der Waals surface area contributed by atoms with Crippen molar-refractivity contribution in [1.29, 1.82) is 0 Å². The van der Waals surface area contributed by atoms with Crippen LogP contribution in [0.1, 0.15) is 30.0 Å². The van der Waals surface area contributed by atoms with Gasteiger partial charge in [-0.15, -0.1) is 0 Å². The molecule has 1 amide bonds. The summed E-state index contributed by atoms with van der Waals surface area (Å²) >= 11 is 1.26. The monoisotopic (exact) mass is 418 g/mol. The van der Waals surface area contributed by atoms with Gasteiger partial charge in [-0.25, -0.2) is 4.98 Å². The van der Waals surface area contributed by atoms with E-state index in [-0.39, 0.29) is 5.69 Å². The van der Waals surface area contributed by atoms with Crippen molar-refractivity contribution in [3.63, 3.8) is 0 Å². The molecular formula is C22H21F3N2OS. The van der Waals surface area contributed by atoms with Gasteiger partial charge in [0.15, 0.2) is 0 Å². The van der Waals surface area contributed by atoms with Crippen molar-refractivity contribution in [2.24, 2.45) is 0 Å². The predicted molar refractivity (Wildman–Crippen MR) is 111 cm³/mol. The Balaban J connectivity index is 1.85. The molecule has 152 valence electrons. The van der Waals surface area contributed by atoms with Crippen LogP contribution in [0.4, 0.5) is 18.9 Å². The lowest BCUT2D eigenvalue weighted by Gasteiger charge is -2.18. The smallest absolute Gasteiger partial charge is 0.325 e. The number of fused-ring (bicyclic) bond motifs is 1. The van der Waals surface area contributed by atoms with Crippen LogP contribution in [0, 0.1) is 13.8 Å². The van der Waals surface area contributed by atoms with Crippen LogP contribution in [0.15, 0.2) is 53.6 Å². The maximum Gasteiger partial charge on any atom is 0.418 e. The van der Waals surface area contributed by atoms with Gasteiger partial charge in [-0.2, -0.15) is 13.2 Å². The van der Waals surface area contributed by atoms with E-state index in [4.69, 9.17) is 0 Å². The SMILES string of the molecule is CCC(Sc1cc(C)c2cccc(C)c2n1)C(=O)Nc1ccccc1C(F)(F)F. The van der Waals surface area contributed by atoms with E-state index in [0.717, 1.165) is 28.1 Å². The first-order chi connectivity index (χ1) is 13.7. The van der Waals surface area contributed by atoms with Gasteiger partial charge in [-0.1, -0.05) is 49.0 Å². The lowest BCUT2D eigenvalue weighted by molar-refractivity contribution is -0.137. The van der Waals surface area contributed by atoms with Crippen molar-refractivity contribution in [1.82, 2.24) is 4.98 Å². The molecule has 0 aliphatic carbocycles. The van der Waals surface area contributed by atoms with Crippen molar-refractivity contribution < 1.29 is 18.0 Å². The molecule has 3 aromatic rings. The summed E-state index contributed by atoms with van der Waals surface area (Å²) in [5, 5.41) is 3.60. The molecule has 0 aliphatic rings. The third kappa shape index (κ3) is 4.72. The Kier molecular flexibility index (Phi) is 6.17. The first-order valence-electron chi connectivity index (χ1n) is 9.21. The molecule has 0 fully saturated rings. The Morgan fingerprint density at radius 3 is 2.52 bits per heavy atom. The largest absolute Gasteiger partial charge is 0.418 e. The number of benzene rings is 2. The molecule has 0 bridgehead atoms. The molecule has 1 N–H and O–H groups in total. The van der Waals surface area contributed by atoms with Gasteiger partial charge in [0.1, 0.15) is 0 Å². The number of alkyl halides is 3. The number of hydrogen-bond donors (Lipinski definition) is 1. The average molecular weight is 418 g/mol. The normalized spacial score (nSPS) is 12.8. The summed E-state index contributed by atoms with van der Waals surface area (Å²) in [6, 6.07) is 12.8. The highest BCUT2D eigenvalue weighted by Crippen LogP contribution is 2.35. The van der Waals surface area contributed by atoms with Crippen LogP contribution in [0.25, 0.3) is 10.9 Å². The highest BCUT2D eigenvalue weighted by atomic mass is 32.2. The van der Waals surface area contributed by atoms with Gasteiger partial charge >= 0.3 is 6.18 Å². The number of aromatic nitrogens is 1. The fourth-order valence-corrected chi connectivity index (χ4v) is 4.12. The topological polar surface area (TPSA) is 42.0 Å². The zero-order chi connectivity index (χ0) is 21.2. The minimum atomic E-state index is -4.53. The lowest BCUT2D eigenvalue weighted by atomic mass is 10.1. The number of pyridine rings is 1. The summed E-state index contributed by atoms with van der Waals surface area (Å²) in [6.07, 6.45) is -4.08. The van der Waals surface area contributed by atoms with Gasteiger partial charge in [0.25, 0.3) is 0 Å². The van der Waals surface area contributed by atoms with Crippen LogP contribution in [0.3, 0.4) is 0 Å². The number of thioether (sulfide) groups is 1. The number of aryl methyl sites for hydroxylation is 2. The summed E-state index contributed by atoms with van der Waals surface area (Å²) < 4.78 is 39.6. The number of para-hydroxylation sites is 2. The maximum absolute atomic E-state index is 13.2.